The Morgan fingerprint density at radius 1 is 1.23 bits per heavy atom. The molecule has 1 saturated carbocycles. The maximum Gasteiger partial charge on any atom is 0.223 e. The number of aliphatic hydroxyl groups excluding tert-OH is 1. The molecule has 3 nitrogen and oxygen atoms in total. The lowest BCUT2D eigenvalue weighted by Crippen LogP contribution is -2.37. The van der Waals surface area contributed by atoms with E-state index in [1.54, 1.807) is 0 Å². The van der Waals surface area contributed by atoms with Crippen molar-refractivity contribution in [1.82, 2.24) is 0 Å². The maximum atomic E-state index is 11.3. The summed E-state index contributed by atoms with van der Waals surface area (Å²) in [5, 5.41) is 8.92. The van der Waals surface area contributed by atoms with Crippen LogP contribution in [0.15, 0.2) is 0 Å². The van der Waals surface area contributed by atoms with E-state index in [0.717, 1.165) is 25.7 Å². The maximum absolute atomic E-state index is 11.3. The molecule has 3 heteroatoms. The predicted octanol–water partition coefficient (Wildman–Crippen LogP) is 1.19. The largest absolute Gasteiger partial charge is 0.396 e. The summed E-state index contributed by atoms with van der Waals surface area (Å²) in [6.07, 6.45) is 6.81. The zero-order chi connectivity index (χ0) is 9.73. The summed E-state index contributed by atoms with van der Waals surface area (Å²) in [4.78, 5) is 11.3. The van der Waals surface area contributed by atoms with E-state index in [1.165, 1.54) is 12.8 Å². The Morgan fingerprint density at radius 2 is 1.77 bits per heavy atom. The third-order valence-corrected chi connectivity index (χ3v) is 3.17. The Balaban J connectivity index is 2.67. The number of carbonyl (C=O) groups excluding carboxylic acids is 1. The number of aliphatic hydroxyl groups is 1. The molecule has 0 aliphatic heterocycles. The summed E-state index contributed by atoms with van der Waals surface area (Å²) < 4.78 is 0. The Labute approximate surface area is 79.3 Å². The van der Waals surface area contributed by atoms with E-state index in [0.29, 0.717) is 6.42 Å². The summed E-state index contributed by atoms with van der Waals surface area (Å²) in [6.45, 7) is 0.0724. The molecule has 0 bridgehead atoms. The van der Waals surface area contributed by atoms with Gasteiger partial charge in [0.15, 0.2) is 0 Å². The SMILES string of the molecule is NC(=O)C1(CCO)CCCCCC1. The smallest absolute Gasteiger partial charge is 0.223 e. The van der Waals surface area contributed by atoms with Gasteiger partial charge < -0.3 is 10.8 Å². The molecule has 0 radical (unpaired) electrons. The molecule has 1 rings (SSSR count). The van der Waals surface area contributed by atoms with Crippen LogP contribution in [0.2, 0.25) is 0 Å². The number of nitrogens with two attached hydrogens (primary N) is 1. The van der Waals surface area contributed by atoms with Crippen LogP contribution >= 0.6 is 0 Å². The van der Waals surface area contributed by atoms with Crippen molar-refractivity contribution in [3.63, 3.8) is 0 Å². The lowest BCUT2D eigenvalue weighted by molar-refractivity contribution is -0.129. The van der Waals surface area contributed by atoms with Crippen molar-refractivity contribution < 1.29 is 9.90 Å². The highest BCUT2D eigenvalue weighted by Gasteiger charge is 2.35. The van der Waals surface area contributed by atoms with Gasteiger partial charge in [0.2, 0.25) is 5.91 Å². The Morgan fingerprint density at radius 3 is 2.15 bits per heavy atom. The van der Waals surface area contributed by atoms with Gasteiger partial charge in [0, 0.05) is 6.61 Å². The van der Waals surface area contributed by atoms with Crippen LogP contribution in [-0.4, -0.2) is 17.6 Å². The normalized spacial score (nSPS) is 22.2. The molecule has 0 spiro atoms. The van der Waals surface area contributed by atoms with Crippen molar-refractivity contribution in [3.8, 4) is 0 Å². The zero-order valence-corrected chi connectivity index (χ0v) is 8.09. The highest BCUT2D eigenvalue weighted by molar-refractivity contribution is 5.80. The summed E-state index contributed by atoms with van der Waals surface area (Å²) >= 11 is 0. The molecule has 1 fully saturated rings. The minimum atomic E-state index is -0.398. The Kier molecular flexibility index (Phi) is 3.72. The number of hydrogen-bond acceptors (Lipinski definition) is 2. The molecule has 0 atom stereocenters. The first-order valence-electron chi connectivity index (χ1n) is 5.12. The molecule has 0 unspecified atom stereocenters. The highest BCUT2D eigenvalue weighted by atomic mass is 16.3. The Bertz CT molecular complexity index is 172. The van der Waals surface area contributed by atoms with Crippen LogP contribution in [0.1, 0.15) is 44.9 Å². The number of carbonyl (C=O) groups is 1. The topological polar surface area (TPSA) is 63.3 Å². The molecule has 1 aliphatic rings. The van der Waals surface area contributed by atoms with E-state index in [2.05, 4.69) is 0 Å². The van der Waals surface area contributed by atoms with Crippen LogP contribution in [0.4, 0.5) is 0 Å². The van der Waals surface area contributed by atoms with Crippen molar-refractivity contribution in [2.24, 2.45) is 11.1 Å². The van der Waals surface area contributed by atoms with Gasteiger partial charge in [-0.2, -0.15) is 0 Å². The molecule has 76 valence electrons. The van der Waals surface area contributed by atoms with Crippen LogP contribution in [0, 0.1) is 5.41 Å². The first-order chi connectivity index (χ1) is 6.21. The quantitative estimate of drug-likeness (QED) is 0.649. The first-order valence-corrected chi connectivity index (χ1v) is 5.12. The number of amides is 1. The minimum absolute atomic E-state index is 0.0724. The van der Waals surface area contributed by atoms with E-state index in [-0.39, 0.29) is 12.5 Å². The van der Waals surface area contributed by atoms with Gasteiger partial charge in [0.1, 0.15) is 0 Å². The van der Waals surface area contributed by atoms with Gasteiger partial charge in [-0.15, -0.1) is 0 Å². The van der Waals surface area contributed by atoms with Gasteiger partial charge in [-0.1, -0.05) is 25.7 Å². The highest BCUT2D eigenvalue weighted by Crippen LogP contribution is 2.37. The van der Waals surface area contributed by atoms with E-state index in [9.17, 15) is 4.79 Å². The third kappa shape index (κ3) is 2.44. The van der Waals surface area contributed by atoms with Crippen LogP contribution in [-0.2, 0) is 4.79 Å². The van der Waals surface area contributed by atoms with E-state index in [1.807, 2.05) is 0 Å². The molecular weight excluding hydrogens is 166 g/mol. The number of hydrogen-bond donors (Lipinski definition) is 2. The Hall–Kier alpha value is -0.570. The van der Waals surface area contributed by atoms with Crippen molar-refractivity contribution in [2.45, 2.75) is 44.9 Å². The minimum Gasteiger partial charge on any atom is -0.396 e. The van der Waals surface area contributed by atoms with Gasteiger partial charge in [0.25, 0.3) is 0 Å². The van der Waals surface area contributed by atoms with Gasteiger partial charge in [-0.3, -0.25) is 4.79 Å². The second kappa shape index (κ2) is 4.61. The second-order valence-corrected chi connectivity index (χ2v) is 4.03. The van der Waals surface area contributed by atoms with Crippen molar-refractivity contribution in [2.75, 3.05) is 6.61 Å². The first kappa shape index (κ1) is 10.5. The predicted molar refractivity (Wildman–Crippen MR) is 51.0 cm³/mol. The van der Waals surface area contributed by atoms with Crippen LogP contribution in [0.5, 0.6) is 0 Å². The van der Waals surface area contributed by atoms with Crippen molar-refractivity contribution in [1.29, 1.82) is 0 Å². The molecular formula is C10H19NO2. The van der Waals surface area contributed by atoms with E-state index in [4.69, 9.17) is 10.8 Å². The summed E-state index contributed by atoms with van der Waals surface area (Å²) in [6, 6.07) is 0. The third-order valence-electron chi connectivity index (χ3n) is 3.17. The zero-order valence-electron chi connectivity index (χ0n) is 8.09. The molecule has 0 aromatic carbocycles. The molecule has 1 aliphatic carbocycles. The molecule has 0 aromatic rings. The second-order valence-electron chi connectivity index (χ2n) is 4.03. The number of rotatable bonds is 3. The molecule has 0 heterocycles. The average molecular weight is 185 g/mol. The van der Waals surface area contributed by atoms with Crippen LogP contribution in [0.25, 0.3) is 0 Å². The van der Waals surface area contributed by atoms with Crippen LogP contribution in [0.3, 0.4) is 0 Å². The monoisotopic (exact) mass is 185 g/mol. The number of primary amides is 1. The van der Waals surface area contributed by atoms with Gasteiger partial charge in [-0.05, 0) is 19.3 Å². The molecule has 1 amide bonds. The summed E-state index contributed by atoms with van der Waals surface area (Å²) in [5.41, 5.74) is 5.01. The average Bonchev–Trinajstić information content (AvgIpc) is 2.31. The van der Waals surface area contributed by atoms with Crippen molar-refractivity contribution >= 4 is 5.91 Å². The molecule has 3 N–H and O–H groups in total. The molecule has 13 heavy (non-hydrogen) atoms. The summed E-state index contributed by atoms with van der Waals surface area (Å²) in [7, 11) is 0. The summed E-state index contributed by atoms with van der Waals surface area (Å²) in [5.74, 6) is -0.219. The fourth-order valence-corrected chi connectivity index (χ4v) is 2.24. The van der Waals surface area contributed by atoms with Gasteiger partial charge in [0.05, 0.1) is 5.41 Å². The fraction of sp³-hybridized carbons (Fsp3) is 0.900. The van der Waals surface area contributed by atoms with E-state index < -0.39 is 5.41 Å². The van der Waals surface area contributed by atoms with Gasteiger partial charge >= 0.3 is 0 Å². The standard InChI is InChI=1S/C10H19NO2/c11-9(13)10(7-8-12)5-3-1-2-4-6-10/h12H,1-8H2,(H2,11,13). The molecule has 0 aromatic heterocycles. The van der Waals surface area contributed by atoms with Crippen LogP contribution < -0.4 is 5.73 Å². The fourth-order valence-electron chi connectivity index (χ4n) is 2.24. The lowest BCUT2D eigenvalue weighted by Gasteiger charge is -2.28. The lowest BCUT2D eigenvalue weighted by atomic mass is 9.77. The molecule has 0 saturated heterocycles. The van der Waals surface area contributed by atoms with E-state index >= 15 is 0 Å². The van der Waals surface area contributed by atoms with Gasteiger partial charge in [-0.25, -0.2) is 0 Å². The van der Waals surface area contributed by atoms with Crippen molar-refractivity contribution in [3.05, 3.63) is 0 Å².